The second-order valence-corrected chi connectivity index (χ2v) is 22.6. The molecule has 2 unspecified atom stereocenters. The smallest absolute Gasteiger partial charge is 0.326 e. The van der Waals surface area contributed by atoms with E-state index in [0.29, 0.717) is 0 Å². The van der Waals surface area contributed by atoms with E-state index in [-0.39, 0.29) is 5.41 Å². The van der Waals surface area contributed by atoms with Gasteiger partial charge in [0.15, 0.2) is 6.04 Å². The molecule has 0 amide bonds. The van der Waals surface area contributed by atoms with Crippen molar-refractivity contribution in [3.05, 3.63) is 189 Å². The molecular weight excluding hydrogens is 925 g/mol. The van der Waals surface area contributed by atoms with E-state index >= 15 is 0 Å². The lowest BCUT2D eigenvalue weighted by Crippen LogP contribution is -2.49. The lowest BCUT2D eigenvalue weighted by molar-refractivity contribution is -0.686. The Labute approximate surface area is 428 Å². The van der Waals surface area contributed by atoms with Gasteiger partial charge in [0.05, 0.1) is 10.7 Å². The number of aromatic nitrogens is 1. The Morgan fingerprint density at radius 2 is 1.21 bits per heavy atom. The number of rotatable bonds is 9. The van der Waals surface area contributed by atoms with Gasteiger partial charge in [-0.2, -0.15) is 4.57 Å². The first-order valence-corrected chi connectivity index (χ1v) is 26.4. The van der Waals surface area contributed by atoms with Gasteiger partial charge in [-0.25, -0.2) is 4.79 Å². The number of allylic oxidation sites excluding steroid dienone is 6. The minimum absolute atomic E-state index is 0.0803. The van der Waals surface area contributed by atoms with E-state index in [9.17, 15) is 19.8 Å². The normalized spacial score (nSPS) is 16.7. The van der Waals surface area contributed by atoms with Crippen molar-refractivity contribution in [3.63, 3.8) is 0 Å². The zero-order chi connectivity index (χ0) is 50.3. The number of carboxylic acid groups (broad SMARTS) is 2. The summed E-state index contributed by atoms with van der Waals surface area (Å²) in [5.41, 5.74) is 13.0. The Morgan fingerprint density at radius 3 is 1.81 bits per heavy atom. The molecule has 9 aromatic rings. The molecule has 2 atom stereocenters. The zero-order valence-electron chi connectivity index (χ0n) is 41.9. The second-order valence-electron chi connectivity index (χ2n) is 20.5. The third kappa shape index (κ3) is 7.83. The molecule has 0 bridgehead atoms. The van der Waals surface area contributed by atoms with Gasteiger partial charge in [0, 0.05) is 28.8 Å². The zero-order valence-corrected chi connectivity index (χ0v) is 43.5. The van der Waals surface area contributed by atoms with Crippen LogP contribution in [-0.2, 0) is 9.59 Å². The number of carbonyl (C=O) groups excluding carboxylic acids is 1. The lowest BCUT2D eigenvalue weighted by Gasteiger charge is -2.30. The average molecular weight is 981 g/mol. The molecule has 0 fully saturated rings. The number of aliphatic carboxylic acids is 2. The Morgan fingerprint density at radius 1 is 0.667 bits per heavy atom. The van der Waals surface area contributed by atoms with Crippen molar-refractivity contribution < 1.29 is 24.4 Å². The average Bonchev–Trinajstić information content (AvgIpc) is 3.95. The Hall–Kier alpha value is -7.26. The van der Waals surface area contributed by atoms with E-state index in [4.69, 9.17) is 0 Å². The Kier molecular flexibility index (Phi) is 11.8. The van der Waals surface area contributed by atoms with E-state index in [1.54, 1.807) is 36.9 Å². The van der Waals surface area contributed by atoms with Gasteiger partial charge in [-0.1, -0.05) is 177 Å². The van der Waals surface area contributed by atoms with E-state index in [2.05, 4.69) is 193 Å². The SMILES string of the molecule is Cc1ccc2ccccc2c1-c1c(C)c2c(c3ccccc13)SC(=CC=C1C=C(C=Cc3sc4c5ccccc5c(-c5c(C)ccc6ccccc56)c(C)c4[n+]3C(C)C(=O)[O-])CC(C)(C)C1)N2C(C)C(=O)O. The number of fused-ring (bicyclic) bond motifs is 8. The number of hydrogen-bond donors (Lipinski definition) is 1. The van der Waals surface area contributed by atoms with E-state index in [1.165, 1.54) is 16.5 Å². The molecule has 2 aliphatic rings. The predicted octanol–water partition coefficient (Wildman–Crippen LogP) is 15.3. The monoisotopic (exact) mass is 980 g/mol. The number of aryl methyl sites for hydroxylation is 3. The minimum atomic E-state index is -1.14. The van der Waals surface area contributed by atoms with Crippen molar-refractivity contribution in [2.24, 2.45) is 5.41 Å². The number of carboxylic acids is 2. The van der Waals surface area contributed by atoms with Crippen LogP contribution in [-0.4, -0.2) is 23.1 Å². The van der Waals surface area contributed by atoms with Crippen LogP contribution in [0.5, 0.6) is 0 Å². The van der Waals surface area contributed by atoms with Crippen molar-refractivity contribution in [2.75, 3.05) is 4.90 Å². The molecule has 2 heterocycles. The fourth-order valence-corrected chi connectivity index (χ4v) is 14.4. The highest BCUT2D eigenvalue weighted by Crippen LogP contribution is 2.56. The first-order chi connectivity index (χ1) is 34.6. The first kappa shape index (κ1) is 47.1. The van der Waals surface area contributed by atoms with E-state index in [0.717, 1.165) is 126 Å². The fourth-order valence-electron chi connectivity index (χ4n) is 11.7. The second kappa shape index (κ2) is 18.1. The molecule has 1 aromatic heterocycles. The molecule has 0 saturated carbocycles. The standard InChI is InChI=1S/C64H56N2O4S2/c1-36-25-29-44-17-9-11-19-46(44)54(36)56-38(3)58-60(50-23-15-13-21-48(50)56)71-52(65(58)40(5)62(67)68)31-27-42-33-43(35-64(7,8)34-42)28-32-53-66(41(6)63(69)70)59-39(4)57(49-22-14-16-24-51(49)61(59)72-53)55-37(2)26-30-45-18-10-12-20-47(45)55/h9-33,40-41H,34-35H2,1-8H3,(H-,67,68,69,70). The first-order valence-electron chi connectivity index (χ1n) is 24.7. The van der Waals surface area contributed by atoms with Gasteiger partial charge >= 0.3 is 5.97 Å². The maximum Gasteiger partial charge on any atom is 0.326 e. The highest BCUT2D eigenvalue weighted by atomic mass is 32.2. The minimum Gasteiger partial charge on any atom is -0.543 e. The van der Waals surface area contributed by atoms with Crippen molar-refractivity contribution >= 4 is 100 Å². The lowest BCUT2D eigenvalue weighted by atomic mass is 9.75. The topological polar surface area (TPSA) is 84.5 Å². The third-order valence-corrected chi connectivity index (χ3v) is 17.3. The third-order valence-electron chi connectivity index (χ3n) is 15.0. The van der Waals surface area contributed by atoms with Crippen LogP contribution in [0.4, 0.5) is 5.69 Å². The van der Waals surface area contributed by atoms with Gasteiger partial charge in [-0.3, -0.25) is 0 Å². The number of anilines is 1. The van der Waals surface area contributed by atoms with Gasteiger partial charge in [0.2, 0.25) is 5.52 Å². The summed E-state index contributed by atoms with van der Waals surface area (Å²) in [4.78, 5) is 29.1. The van der Waals surface area contributed by atoms with Crippen molar-refractivity contribution in [1.82, 2.24) is 0 Å². The maximum absolute atomic E-state index is 13.1. The van der Waals surface area contributed by atoms with Crippen LogP contribution in [0, 0.1) is 33.1 Å². The van der Waals surface area contributed by atoms with Crippen LogP contribution >= 0.6 is 23.1 Å². The number of thioether (sulfide) groups is 1. The molecule has 0 saturated heterocycles. The van der Waals surface area contributed by atoms with E-state index in [1.807, 2.05) is 9.47 Å². The van der Waals surface area contributed by atoms with Crippen molar-refractivity contribution in [3.8, 4) is 22.3 Å². The summed E-state index contributed by atoms with van der Waals surface area (Å²) in [6.45, 7) is 16.7. The molecule has 11 rings (SSSR count). The Bertz CT molecular complexity index is 3930. The summed E-state index contributed by atoms with van der Waals surface area (Å²) >= 11 is 3.26. The maximum atomic E-state index is 13.1. The van der Waals surface area contributed by atoms with Crippen LogP contribution in [0.3, 0.4) is 0 Å². The summed E-state index contributed by atoms with van der Waals surface area (Å²) in [5.74, 6) is -2.03. The molecule has 8 heteroatoms. The summed E-state index contributed by atoms with van der Waals surface area (Å²) in [5, 5.41) is 34.5. The molecule has 72 heavy (non-hydrogen) atoms. The molecule has 6 nitrogen and oxygen atoms in total. The van der Waals surface area contributed by atoms with E-state index < -0.39 is 24.0 Å². The molecular formula is C64H56N2O4S2. The number of benzene rings is 8. The quantitative estimate of drug-likeness (QED) is 0.145. The number of carbonyl (C=O) groups is 2. The van der Waals surface area contributed by atoms with Crippen LogP contribution in [0.1, 0.15) is 73.8 Å². The Balaban J connectivity index is 1.03. The van der Waals surface area contributed by atoms with Gasteiger partial charge in [0.1, 0.15) is 16.7 Å². The molecule has 0 spiro atoms. The molecule has 8 aromatic carbocycles. The van der Waals surface area contributed by atoms with Gasteiger partial charge in [0.25, 0.3) is 5.01 Å². The van der Waals surface area contributed by atoms with Crippen LogP contribution in [0.15, 0.2) is 167 Å². The number of hydrogen-bond acceptors (Lipinski definition) is 6. The summed E-state index contributed by atoms with van der Waals surface area (Å²) in [6, 6.07) is 41.0. The van der Waals surface area contributed by atoms with Crippen LogP contribution < -0.4 is 14.6 Å². The van der Waals surface area contributed by atoms with Gasteiger partial charge < -0.3 is 19.9 Å². The highest BCUT2D eigenvalue weighted by molar-refractivity contribution is 8.04. The van der Waals surface area contributed by atoms with Gasteiger partial charge in [-0.05, 0) is 147 Å². The molecule has 0 radical (unpaired) electrons. The summed E-state index contributed by atoms with van der Waals surface area (Å²) in [6.07, 6.45) is 12.4. The molecule has 1 N–H and O–H groups in total. The van der Waals surface area contributed by atoms with Crippen molar-refractivity contribution in [2.45, 2.75) is 85.2 Å². The largest absolute Gasteiger partial charge is 0.543 e. The number of thiazole rings is 1. The number of nitrogens with zero attached hydrogens (tertiary/aromatic N) is 2. The predicted molar refractivity (Wildman–Crippen MR) is 300 cm³/mol. The van der Waals surface area contributed by atoms with Crippen LogP contribution in [0.25, 0.3) is 81.6 Å². The highest BCUT2D eigenvalue weighted by Gasteiger charge is 2.37. The van der Waals surface area contributed by atoms with Crippen molar-refractivity contribution in [1.29, 1.82) is 0 Å². The molecule has 1 aliphatic carbocycles. The van der Waals surface area contributed by atoms with Crippen LogP contribution in [0.2, 0.25) is 0 Å². The van der Waals surface area contributed by atoms with Gasteiger partial charge in [-0.15, -0.1) is 0 Å². The molecule has 1 aliphatic heterocycles. The summed E-state index contributed by atoms with van der Waals surface area (Å²) in [7, 11) is 0. The fraction of sp³-hybridized carbons (Fsp3) is 0.203. The summed E-state index contributed by atoms with van der Waals surface area (Å²) < 4.78 is 3.01. The molecule has 358 valence electrons.